The fraction of sp³-hybridized carbons (Fsp3) is 0.357. The minimum absolute atomic E-state index is 0.128. The molecule has 112 valence electrons. The maximum atomic E-state index is 11.7. The van der Waals surface area contributed by atoms with Gasteiger partial charge in [0.2, 0.25) is 5.91 Å². The number of aromatic amines is 1. The van der Waals surface area contributed by atoms with Gasteiger partial charge in [0.05, 0.1) is 6.26 Å². The standard InChI is InChI=1S/C14H18N4O3/c1-2-10-9-12(18-17-10)16-13(19)6-3-7-15-14(20)11-5-4-8-21-11/h4-5,8-9H,2-3,6-7H2,1H3,(H,15,20)(H2,16,17,18,19). The van der Waals surface area contributed by atoms with Gasteiger partial charge in [-0.25, -0.2) is 0 Å². The van der Waals surface area contributed by atoms with Crippen molar-refractivity contribution in [3.05, 3.63) is 35.9 Å². The molecule has 3 N–H and O–H groups in total. The van der Waals surface area contributed by atoms with Crippen molar-refractivity contribution in [2.45, 2.75) is 26.2 Å². The topological polar surface area (TPSA) is 100 Å². The first-order valence-corrected chi connectivity index (χ1v) is 6.85. The first-order chi connectivity index (χ1) is 10.2. The molecule has 0 aromatic carbocycles. The number of aryl methyl sites for hydroxylation is 1. The molecular weight excluding hydrogens is 272 g/mol. The third kappa shape index (κ3) is 4.48. The Labute approximate surface area is 122 Å². The number of hydrogen-bond donors (Lipinski definition) is 3. The fourth-order valence-corrected chi connectivity index (χ4v) is 1.76. The molecule has 0 aliphatic rings. The highest BCUT2D eigenvalue weighted by Gasteiger charge is 2.08. The minimum atomic E-state index is -0.278. The highest BCUT2D eigenvalue weighted by molar-refractivity contribution is 5.91. The average Bonchev–Trinajstić information content (AvgIpc) is 3.14. The third-order valence-electron chi connectivity index (χ3n) is 2.89. The van der Waals surface area contributed by atoms with Crippen LogP contribution in [-0.4, -0.2) is 28.6 Å². The van der Waals surface area contributed by atoms with Crippen molar-refractivity contribution in [1.29, 1.82) is 0 Å². The molecule has 2 amide bonds. The monoisotopic (exact) mass is 290 g/mol. The van der Waals surface area contributed by atoms with Gasteiger partial charge in [0, 0.05) is 24.7 Å². The van der Waals surface area contributed by atoms with Gasteiger partial charge in [0.25, 0.3) is 5.91 Å². The zero-order valence-electron chi connectivity index (χ0n) is 11.8. The zero-order chi connectivity index (χ0) is 15.1. The molecule has 0 unspecified atom stereocenters. The second-order valence-corrected chi connectivity index (χ2v) is 4.52. The van der Waals surface area contributed by atoms with Gasteiger partial charge in [-0.2, -0.15) is 5.10 Å². The van der Waals surface area contributed by atoms with Gasteiger partial charge < -0.3 is 15.1 Å². The van der Waals surface area contributed by atoms with Crippen molar-refractivity contribution in [2.24, 2.45) is 0 Å². The number of anilines is 1. The Hall–Kier alpha value is -2.57. The summed E-state index contributed by atoms with van der Waals surface area (Å²) in [7, 11) is 0. The van der Waals surface area contributed by atoms with E-state index in [0.717, 1.165) is 12.1 Å². The summed E-state index contributed by atoms with van der Waals surface area (Å²) in [5, 5.41) is 12.2. The van der Waals surface area contributed by atoms with Crippen LogP contribution in [0.15, 0.2) is 28.9 Å². The lowest BCUT2D eigenvalue weighted by Gasteiger charge is -2.03. The van der Waals surface area contributed by atoms with Crippen molar-refractivity contribution >= 4 is 17.6 Å². The van der Waals surface area contributed by atoms with E-state index in [9.17, 15) is 9.59 Å². The number of carbonyl (C=O) groups is 2. The summed E-state index contributed by atoms with van der Waals surface area (Å²) < 4.78 is 4.96. The van der Waals surface area contributed by atoms with Gasteiger partial charge >= 0.3 is 0 Å². The van der Waals surface area contributed by atoms with E-state index >= 15 is 0 Å². The molecule has 0 aliphatic carbocycles. The molecule has 0 saturated carbocycles. The predicted molar refractivity (Wildman–Crippen MR) is 76.9 cm³/mol. The molecule has 2 aromatic heterocycles. The molecule has 0 bridgehead atoms. The smallest absolute Gasteiger partial charge is 0.286 e. The number of nitrogens with one attached hydrogen (secondary N) is 3. The Morgan fingerprint density at radius 1 is 1.43 bits per heavy atom. The van der Waals surface area contributed by atoms with Crippen molar-refractivity contribution in [3.8, 4) is 0 Å². The number of amides is 2. The zero-order valence-corrected chi connectivity index (χ0v) is 11.8. The van der Waals surface area contributed by atoms with E-state index in [0.29, 0.717) is 25.2 Å². The maximum Gasteiger partial charge on any atom is 0.286 e. The third-order valence-corrected chi connectivity index (χ3v) is 2.89. The van der Waals surface area contributed by atoms with Gasteiger partial charge in [0.1, 0.15) is 0 Å². The summed E-state index contributed by atoms with van der Waals surface area (Å²) >= 11 is 0. The van der Waals surface area contributed by atoms with Crippen LogP contribution in [0.4, 0.5) is 5.82 Å². The van der Waals surface area contributed by atoms with Gasteiger partial charge in [-0.05, 0) is 25.0 Å². The lowest BCUT2D eigenvalue weighted by molar-refractivity contribution is -0.116. The number of carbonyl (C=O) groups excluding carboxylic acids is 2. The molecule has 7 nitrogen and oxygen atoms in total. The molecule has 0 radical (unpaired) electrons. The van der Waals surface area contributed by atoms with E-state index in [1.165, 1.54) is 6.26 Å². The van der Waals surface area contributed by atoms with E-state index in [4.69, 9.17) is 4.42 Å². The highest BCUT2D eigenvalue weighted by Crippen LogP contribution is 2.06. The summed E-state index contributed by atoms with van der Waals surface area (Å²) in [6.45, 7) is 2.41. The minimum Gasteiger partial charge on any atom is -0.459 e. The first-order valence-electron chi connectivity index (χ1n) is 6.85. The van der Waals surface area contributed by atoms with Crippen molar-refractivity contribution < 1.29 is 14.0 Å². The van der Waals surface area contributed by atoms with Crippen molar-refractivity contribution in [1.82, 2.24) is 15.5 Å². The number of hydrogen-bond acceptors (Lipinski definition) is 4. The van der Waals surface area contributed by atoms with Gasteiger partial charge in [-0.15, -0.1) is 0 Å². The van der Waals surface area contributed by atoms with Gasteiger partial charge in [-0.3, -0.25) is 14.7 Å². The Morgan fingerprint density at radius 2 is 2.29 bits per heavy atom. The summed E-state index contributed by atoms with van der Waals surface area (Å²) in [6, 6.07) is 5.04. The predicted octanol–water partition coefficient (Wildman–Crippen LogP) is 1.71. The summed E-state index contributed by atoms with van der Waals surface area (Å²) in [6.07, 6.45) is 3.13. The van der Waals surface area contributed by atoms with E-state index in [-0.39, 0.29) is 17.6 Å². The highest BCUT2D eigenvalue weighted by atomic mass is 16.3. The molecule has 2 rings (SSSR count). The Bertz CT molecular complexity index is 589. The average molecular weight is 290 g/mol. The lowest BCUT2D eigenvalue weighted by atomic mass is 10.3. The van der Waals surface area contributed by atoms with Crippen molar-refractivity contribution in [3.63, 3.8) is 0 Å². The van der Waals surface area contributed by atoms with Gasteiger partial charge in [-0.1, -0.05) is 6.92 Å². The summed E-state index contributed by atoms with van der Waals surface area (Å²) in [5.74, 6) is 0.385. The normalized spacial score (nSPS) is 10.3. The number of H-pyrrole nitrogens is 1. The molecule has 21 heavy (non-hydrogen) atoms. The second kappa shape index (κ2) is 7.28. The van der Waals surface area contributed by atoms with Crippen LogP contribution in [0.25, 0.3) is 0 Å². The molecule has 2 aromatic rings. The molecule has 0 aliphatic heterocycles. The largest absolute Gasteiger partial charge is 0.459 e. The SMILES string of the molecule is CCc1cc(NC(=O)CCCNC(=O)c2ccco2)n[nH]1. The molecule has 0 saturated heterocycles. The van der Waals surface area contributed by atoms with Crippen LogP contribution < -0.4 is 10.6 Å². The summed E-state index contributed by atoms with van der Waals surface area (Å²) in [5.41, 5.74) is 0.969. The van der Waals surface area contributed by atoms with E-state index in [1.807, 2.05) is 6.92 Å². The first kappa shape index (κ1) is 14.8. The van der Waals surface area contributed by atoms with E-state index < -0.39 is 0 Å². The van der Waals surface area contributed by atoms with Crippen LogP contribution in [0, 0.1) is 0 Å². The summed E-state index contributed by atoms with van der Waals surface area (Å²) in [4.78, 5) is 23.2. The maximum absolute atomic E-state index is 11.7. The molecule has 0 fully saturated rings. The number of aromatic nitrogens is 2. The quantitative estimate of drug-likeness (QED) is 0.676. The molecule has 0 atom stereocenters. The molecule has 0 spiro atoms. The Balaban J connectivity index is 1.64. The van der Waals surface area contributed by atoms with Crippen molar-refractivity contribution in [2.75, 3.05) is 11.9 Å². The molecule has 2 heterocycles. The van der Waals surface area contributed by atoms with E-state index in [2.05, 4.69) is 20.8 Å². The second-order valence-electron chi connectivity index (χ2n) is 4.52. The van der Waals surface area contributed by atoms with Crippen LogP contribution in [0.3, 0.4) is 0 Å². The van der Waals surface area contributed by atoms with Crippen LogP contribution in [-0.2, 0) is 11.2 Å². The van der Waals surface area contributed by atoms with Crippen LogP contribution in [0.2, 0.25) is 0 Å². The Kier molecular flexibility index (Phi) is 5.14. The van der Waals surface area contributed by atoms with Gasteiger partial charge in [0.15, 0.2) is 11.6 Å². The Morgan fingerprint density at radius 3 is 2.95 bits per heavy atom. The van der Waals surface area contributed by atoms with Crippen LogP contribution >= 0.6 is 0 Å². The molecular formula is C14H18N4O3. The number of rotatable bonds is 7. The van der Waals surface area contributed by atoms with Crippen LogP contribution in [0.5, 0.6) is 0 Å². The van der Waals surface area contributed by atoms with E-state index in [1.54, 1.807) is 18.2 Å². The molecule has 7 heteroatoms. The van der Waals surface area contributed by atoms with Crippen LogP contribution in [0.1, 0.15) is 36.0 Å². The number of nitrogens with zero attached hydrogens (tertiary/aromatic N) is 1. The number of furan rings is 1. The fourth-order valence-electron chi connectivity index (χ4n) is 1.76. The lowest BCUT2D eigenvalue weighted by Crippen LogP contribution is -2.25.